The van der Waals surface area contributed by atoms with Crippen molar-refractivity contribution < 1.29 is 0 Å². The van der Waals surface area contributed by atoms with Crippen LogP contribution >= 0.6 is 11.8 Å². The van der Waals surface area contributed by atoms with Gasteiger partial charge in [0.05, 0.1) is 5.25 Å². The van der Waals surface area contributed by atoms with Crippen LogP contribution in [-0.4, -0.2) is 0 Å². The van der Waals surface area contributed by atoms with Gasteiger partial charge < -0.3 is 0 Å². The van der Waals surface area contributed by atoms with Gasteiger partial charge >= 0.3 is 0 Å². The van der Waals surface area contributed by atoms with Crippen LogP contribution in [0.5, 0.6) is 0 Å². The van der Waals surface area contributed by atoms with Gasteiger partial charge in [-0.25, -0.2) is 0 Å². The van der Waals surface area contributed by atoms with E-state index >= 15 is 0 Å². The van der Waals surface area contributed by atoms with Crippen LogP contribution in [0.2, 0.25) is 0 Å². The van der Waals surface area contributed by atoms with Crippen molar-refractivity contribution in [1.29, 1.82) is 0 Å². The molecule has 1 heteroatoms. The average Bonchev–Trinajstić information content (AvgIpc) is 2.39. The molecule has 0 fully saturated rings. The topological polar surface area (TPSA) is 0 Å². The third-order valence-corrected chi connectivity index (χ3v) is 3.93. The first-order valence-corrected chi connectivity index (χ1v) is 6.35. The normalized spacial score (nSPS) is 18.1. The Hall–Kier alpha value is -1.47. The van der Waals surface area contributed by atoms with E-state index in [1.807, 2.05) is 11.8 Å². The molecule has 16 heavy (non-hydrogen) atoms. The Morgan fingerprint density at radius 2 is 1.56 bits per heavy atom. The second kappa shape index (κ2) is 4.18. The van der Waals surface area contributed by atoms with Crippen molar-refractivity contribution in [2.24, 2.45) is 0 Å². The lowest BCUT2D eigenvalue weighted by molar-refractivity contribution is 1.15. The zero-order chi connectivity index (χ0) is 10.8. The highest BCUT2D eigenvalue weighted by Crippen LogP contribution is 2.41. The zero-order valence-electron chi connectivity index (χ0n) is 8.84. The number of rotatable bonds is 1. The number of thioether (sulfide) groups is 1. The molecule has 1 aliphatic rings. The Kier molecular flexibility index (Phi) is 2.55. The fraction of sp³-hybridized carbons (Fsp3) is 0.0667. The summed E-state index contributed by atoms with van der Waals surface area (Å²) in [6.07, 6.45) is 2.19. The lowest BCUT2D eigenvalue weighted by atomic mass is 9.99. The zero-order valence-corrected chi connectivity index (χ0v) is 9.65. The molecule has 0 radical (unpaired) electrons. The standard InChI is InChI=1S/C15H12S/c1-2-7-13(8-3-1)15-14-9-5-4-6-12(14)10-11-16-15/h1-11,15H/t15-/m1/s1. The molecule has 1 atom stereocenters. The molecule has 1 heterocycles. The van der Waals surface area contributed by atoms with E-state index in [2.05, 4.69) is 66.1 Å². The van der Waals surface area contributed by atoms with Crippen LogP contribution in [0.3, 0.4) is 0 Å². The van der Waals surface area contributed by atoms with Gasteiger partial charge in [0.2, 0.25) is 0 Å². The highest BCUT2D eigenvalue weighted by molar-refractivity contribution is 8.02. The monoisotopic (exact) mass is 224 g/mol. The van der Waals surface area contributed by atoms with Crippen LogP contribution in [-0.2, 0) is 0 Å². The Morgan fingerprint density at radius 1 is 0.812 bits per heavy atom. The first kappa shape index (κ1) is 9.73. The van der Waals surface area contributed by atoms with E-state index in [1.54, 1.807) is 0 Å². The Morgan fingerprint density at radius 3 is 2.44 bits per heavy atom. The molecular weight excluding hydrogens is 212 g/mol. The van der Waals surface area contributed by atoms with Crippen LogP contribution in [0.1, 0.15) is 21.9 Å². The predicted molar refractivity (Wildman–Crippen MR) is 71.4 cm³/mol. The van der Waals surface area contributed by atoms with Crippen molar-refractivity contribution in [1.82, 2.24) is 0 Å². The molecule has 0 spiro atoms. The van der Waals surface area contributed by atoms with Crippen molar-refractivity contribution in [3.8, 4) is 0 Å². The van der Waals surface area contributed by atoms with Crippen LogP contribution in [0.4, 0.5) is 0 Å². The molecule has 0 bridgehead atoms. The van der Waals surface area contributed by atoms with E-state index in [0.29, 0.717) is 5.25 Å². The van der Waals surface area contributed by atoms with Crippen LogP contribution in [0.25, 0.3) is 6.08 Å². The summed E-state index contributed by atoms with van der Waals surface area (Å²) in [5.74, 6) is 0. The summed E-state index contributed by atoms with van der Waals surface area (Å²) in [6.45, 7) is 0. The first-order valence-electron chi connectivity index (χ1n) is 5.41. The number of hydrogen-bond donors (Lipinski definition) is 0. The Labute approximate surface area is 100 Å². The van der Waals surface area contributed by atoms with Gasteiger partial charge in [-0.2, -0.15) is 0 Å². The average molecular weight is 224 g/mol. The fourth-order valence-electron chi connectivity index (χ4n) is 2.05. The summed E-state index contributed by atoms with van der Waals surface area (Å²) in [6, 6.07) is 19.3. The molecule has 3 rings (SSSR count). The van der Waals surface area contributed by atoms with Crippen LogP contribution in [0, 0.1) is 0 Å². The number of fused-ring (bicyclic) bond motifs is 1. The third kappa shape index (κ3) is 1.68. The molecule has 78 valence electrons. The van der Waals surface area contributed by atoms with Crippen molar-refractivity contribution in [2.45, 2.75) is 5.25 Å². The summed E-state index contributed by atoms with van der Waals surface area (Å²) < 4.78 is 0. The van der Waals surface area contributed by atoms with E-state index in [1.165, 1.54) is 16.7 Å². The highest BCUT2D eigenvalue weighted by Gasteiger charge is 2.18. The molecule has 0 saturated carbocycles. The summed E-state index contributed by atoms with van der Waals surface area (Å²) in [5, 5.41) is 2.64. The molecule has 2 aromatic rings. The summed E-state index contributed by atoms with van der Waals surface area (Å²) in [5.41, 5.74) is 4.14. The van der Waals surface area contributed by atoms with Crippen molar-refractivity contribution in [2.75, 3.05) is 0 Å². The Bertz CT molecular complexity index is 514. The highest BCUT2D eigenvalue weighted by atomic mass is 32.2. The quantitative estimate of drug-likeness (QED) is 0.687. The minimum atomic E-state index is 0.447. The molecule has 2 aromatic carbocycles. The van der Waals surface area contributed by atoms with E-state index in [-0.39, 0.29) is 0 Å². The molecule has 1 aliphatic heterocycles. The van der Waals surface area contributed by atoms with Gasteiger partial charge in [0.15, 0.2) is 0 Å². The number of benzene rings is 2. The molecular formula is C15H12S. The maximum absolute atomic E-state index is 2.23. The van der Waals surface area contributed by atoms with Gasteiger partial charge in [0.25, 0.3) is 0 Å². The van der Waals surface area contributed by atoms with Crippen molar-refractivity contribution >= 4 is 17.8 Å². The second-order valence-electron chi connectivity index (χ2n) is 3.86. The smallest absolute Gasteiger partial charge is 0.0593 e. The van der Waals surface area contributed by atoms with E-state index in [0.717, 1.165) is 0 Å². The van der Waals surface area contributed by atoms with Gasteiger partial charge in [-0.15, -0.1) is 11.8 Å². The largest absolute Gasteiger partial charge is 0.121 e. The van der Waals surface area contributed by atoms with E-state index in [4.69, 9.17) is 0 Å². The Balaban J connectivity index is 2.09. The molecule has 0 amide bonds. The van der Waals surface area contributed by atoms with Gasteiger partial charge in [-0.05, 0) is 28.2 Å². The first-order chi connectivity index (χ1) is 7.95. The lowest BCUT2D eigenvalue weighted by Crippen LogP contribution is -2.00. The maximum Gasteiger partial charge on any atom is 0.0593 e. The summed E-state index contributed by atoms with van der Waals surface area (Å²) in [4.78, 5) is 0. The molecule has 0 aliphatic carbocycles. The predicted octanol–water partition coefficient (Wildman–Crippen LogP) is 4.49. The third-order valence-electron chi connectivity index (χ3n) is 2.84. The molecule has 0 nitrogen and oxygen atoms in total. The molecule has 0 N–H and O–H groups in total. The SMILES string of the molecule is C1=Cc2ccccc2[C@@H](c2ccccc2)S1. The van der Waals surface area contributed by atoms with Gasteiger partial charge in [-0.3, -0.25) is 0 Å². The molecule has 0 aromatic heterocycles. The molecule has 0 saturated heterocycles. The second-order valence-corrected chi connectivity index (χ2v) is 4.87. The van der Waals surface area contributed by atoms with E-state index < -0.39 is 0 Å². The van der Waals surface area contributed by atoms with Crippen molar-refractivity contribution in [3.63, 3.8) is 0 Å². The van der Waals surface area contributed by atoms with Crippen LogP contribution < -0.4 is 0 Å². The summed E-state index contributed by atoms with van der Waals surface area (Å²) in [7, 11) is 0. The fourth-order valence-corrected chi connectivity index (χ4v) is 3.11. The minimum absolute atomic E-state index is 0.447. The lowest BCUT2D eigenvalue weighted by Gasteiger charge is -2.21. The molecule has 0 unspecified atom stereocenters. The van der Waals surface area contributed by atoms with E-state index in [9.17, 15) is 0 Å². The van der Waals surface area contributed by atoms with Gasteiger partial charge in [0, 0.05) is 0 Å². The van der Waals surface area contributed by atoms with Crippen molar-refractivity contribution in [3.05, 3.63) is 76.7 Å². The summed E-state index contributed by atoms with van der Waals surface area (Å²) >= 11 is 1.88. The van der Waals surface area contributed by atoms with Gasteiger partial charge in [-0.1, -0.05) is 54.6 Å². The maximum atomic E-state index is 2.23. The number of hydrogen-bond acceptors (Lipinski definition) is 1. The van der Waals surface area contributed by atoms with Gasteiger partial charge in [0.1, 0.15) is 0 Å². The van der Waals surface area contributed by atoms with Crippen LogP contribution in [0.15, 0.2) is 60.0 Å². The minimum Gasteiger partial charge on any atom is -0.121 e.